The molecule has 1 aliphatic rings. The van der Waals surface area contributed by atoms with Crippen molar-refractivity contribution in [3.63, 3.8) is 0 Å². The molecule has 7 heteroatoms. The summed E-state index contributed by atoms with van der Waals surface area (Å²) < 4.78 is 5.07. The van der Waals surface area contributed by atoms with Gasteiger partial charge in [0, 0.05) is 45.8 Å². The number of carbonyl (C=O) groups excluding carboxylic acids is 2. The number of piperazine rings is 1. The van der Waals surface area contributed by atoms with Gasteiger partial charge in [0.2, 0.25) is 0 Å². The van der Waals surface area contributed by atoms with Crippen LogP contribution < -0.4 is 20.7 Å². The van der Waals surface area contributed by atoms with E-state index in [-0.39, 0.29) is 0 Å². The van der Waals surface area contributed by atoms with E-state index in [2.05, 4.69) is 20.9 Å². The molecule has 1 aromatic carbocycles. The quantitative estimate of drug-likeness (QED) is 0.606. The second-order valence-electron chi connectivity index (χ2n) is 5.38. The van der Waals surface area contributed by atoms with E-state index in [1.807, 2.05) is 24.3 Å². The molecule has 0 bridgehead atoms. The minimum Gasteiger partial charge on any atom is -0.497 e. The molecule has 126 valence electrons. The summed E-state index contributed by atoms with van der Waals surface area (Å²) in [4.78, 5) is 25.7. The van der Waals surface area contributed by atoms with Crippen LogP contribution in [0.1, 0.15) is 5.56 Å². The first-order valence-corrected chi connectivity index (χ1v) is 7.81. The van der Waals surface area contributed by atoms with Crippen molar-refractivity contribution >= 4 is 11.8 Å². The standard InChI is InChI=1S/C16H24N4O3/c1-23-14-4-2-13(3-5-14)12-19-16(22)15(21)18-8-11-20-9-6-17-7-10-20/h2-5,17H,6-12H2,1H3,(H,18,21)(H,19,22). The predicted molar refractivity (Wildman–Crippen MR) is 87.2 cm³/mol. The van der Waals surface area contributed by atoms with Crippen LogP contribution in [-0.2, 0) is 16.1 Å². The third-order valence-electron chi connectivity index (χ3n) is 3.74. The van der Waals surface area contributed by atoms with Crippen molar-refractivity contribution in [3.05, 3.63) is 29.8 Å². The number of benzene rings is 1. The number of nitrogens with zero attached hydrogens (tertiary/aromatic N) is 1. The molecular weight excluding hydrogens is 296 g/mol. The van der Waals surface area contributed by atoms with Crippen molar-refractivity contribution in [2.75, 3.05) is 46.4 Å². The summed E-state index contributed by atoms with van der Waals surface area (Å²) in [5.41, 5.74) is 0.910. The Morgan fingerprint density at radius 3 is 2.43 bits per heavy atom. The van der Waals surface area contributed by atoms with Crippen LogP contribution in [0, 0.1) is 0 Å². The normalized spacial score (nSPS) is 15.0. The summed E-state index contributed by atoms with van der Waals surface area (Å²) in [5, 5.41) is 8.53. The molecule has 0 aromatic heterocycles. The lowest BCUT2D eigenvalue weighted by molar-refractivity contribution is -0.139. The maximum absolute atomic E-state index is 11.8. The van der Waals surface area contributed by atoms with Gasteiger partial charge in [0.15, 0.2) is 0 Å². The van der Waals surface area contributed by atoms with Crippen molar-refractivity contribution in [1.29, 1.82) is 0 Å². The number of nitrogens with one attached hydrogen (secondary N) is 3. The Morgan fingerprint density at radius 1 is 1.13 bits per heavy atom. The number of ether oxygens (including phenoxy) is 1. The summed E-state index contributed by atoms with van der Waals surface area (Å²) in [5.74, 6) is -0.444. The SMILES string of the molecule is COc1ccc(CNC(=O)C(=O)NCCN2CCNCC2)cc1. The molecule has 1 aromatic rings. The fourth-order valence-electron chi connectivity index (χ4n) is 2.35. The number of methoxy groups -OCH3 is 1. The summed E-state index contributed by atoms with van der Waals surface area (Å²) in [6.45, 7) is 5.44. The Labute approximate surface area is 136 Å². The maximum Gasteiger partial charge on any atom is 0.309 e. The molecule has 2 amide bonds. The van der Waals surface area contributed by atoms with Crippen LogP contribution in [0.3, 0.4) is 0 Å². The van der Waals surface area contributed by atoms with Crippen molar-refractivity contribution in [2.24, 2.45) is 0 Å². The van der Waals surface area contributed by atoms with E-state index in [0.29, 0.717) is 13.1 Å². The minimum atomic E-state index is -0.610. The monoisotopic (exact) mass is 320 g/mol. The molecule has 1 aliphatic heterocycles. The highest BCUT2D eigenvalue weighted by Crippen LogP contribution is 2.10. The van der Waals surface area contributed by atoms with E-state index < -0.39 is 11.8 Å². The average molecular weight is 320 g/mol. The largest absolute Gasteiger partial charge is 0.497 e. The number of amides is 2. The molecule has 0 unspecified atom stereocenters. The first-order chi connectivity index (χ1) is 11.2. The summed E-state index contributed by atoms with van der Waals surface area (Å²) >= 11 is 0. The lowest BCUT2D eigenvalue weighted by Crippen LogP contribution is -2.47. The van der Waals surface area contributed by atoms with Gasteiger partial charge in [0.05, 0.1) is 7.11 Å². The zero-order valence-electron chi connectivity index (χ0n) is 13.4. The molecule has 23 heavy (non-hydrogen) atoms. The summed E-state index contributed by atoms with van der Waals surface area (Å²) in [7, 11) is 1.60. The Kier molecular flexibility index (Phi) is 6.83. The van der Waals surface area contributed by atoms with E-state index >= 15 is 0 Å². The van der Waals surface area contributed by atoms with Gasteiger partial charge in [-0.3, -0.25) is 14.5 Å². The average Bonchev–Trinajstić information content (AvgIpc) is 2.61. The van der Waals surface area contributed by atoms with Crippen LogP contribution in [0.4, 0.5) is 0 Å². The first-order valence-electron chi connectivity index (χ1n) is 7.81. The molecule has 0 radical (unpaired) electrons. The Bertz CT molecular complexity index is 513. The topological polar surface area (TPSA) is 82.7 Å². The third kappa shape index (κ3) is 5.88. The second-order valence-corrected chi connectivity index (χ2v) is 5.38. The Hall–Kier alpha value is -2.12. The van der Waals surface area contributed by atoms with Crippen molar-refractivity contribution in [3.8, 4) is 5.75 Å². The lowest BCUT2D eigenvalue weighted by Gasteiger charge is -2.26. The van der Waals surface area contributed by atoms with Crippen molar-refractivity contribution < 1.29 is 14.3 Å². The molecule has 0 spiro atoms. The Morgan fingerprint density at radius 2 is 1.78 bits per heavy atom. The smallest absolute Gasteiger partial charge is 0.309 e. The van der Waals surface area contributed by atoms with Gasteiger partial charge in [-0.15, -0.1) is 0 Å². The molecule has 1 saturated heterocycles. The molecule has 0 aliphatic carbocycles. The van der Waals surface area contributed by atoms with Crippen LogP contribution in [0.15, 0.2) is 24.3 Å². The van der Waals surface area contributed by atoms with Gasteiger partial charge in [-0.2, -0.15) is 0 Å². The van der Waals surface area contributed by atoms with Crippen LogP contribution in [0.25, 0.3) is 0 Å². The fourth-order valence-corrected chi connectivity index (χ4v) is 2.35. The van der Waals surface area contributed by atoms with E-state index in [4.69, 9.17) is 4.74 Å². The molecule has 1 heterocycles. The molecule has 2 rings (SSSR count). The van der Waals surface area contributed by atoms with Gasteiger partial charge in [-0.05, 0) is 17.7 Å². The van der Waals surface area contributed by atoms with E-state index in [0.717, 1.165) is 44.0 Å². The number of hydrogen-bond acceptors (Lipinski definition) is 5. The van der Waals surface area contributed by atoms with Gasteiger partial charge in [0.25, 0.3) is 0 Å². The lowest BCUT2D eigenvalue weighted by atomic mass is 10.2. The summed E-state index contributed by atoms with van der Waals surface area (Å²) in [6.07, 6.45) is 0. The van der Waals surface area contributed by atoms with E-state index in [9.17, 15) is 9.59 Å². The third-order valence-corrected chi connectivity index (χ3v) is 3.74. The van der Waals surface area contributed by atoms with E-state index in [1.54, 1.807) is 7.11 Å². The van der Waals surface area contributed by atoms with Gasteiger partial charge < -0.3 is 20.7 Å². The minimum absolute atomic E-state index is 0.314. The van der Waals surface area contributed by atoms with Gasteiger partial charge >= 0.3 is 11.8 Å². The van der Waals surface area contributed by atoms with Gasteiger partial charge in [-0.1, -0.05) is 12.1 Å². The zero-order chi connectivity index (χ0) is 16.5. The van der Waals surface area contributed by atoms with Crippen LogP contribution in [0.2, 0.25) is 0 Å². The molecule has 1 fully saturated rings. The van der Waals surface area contributed by atoms with Crippen molar-refractivity contribution in [2.45, 2.75) is 6.54 Å². The number of rotatable bonds is 6. The molecule has 3 N–H and O–H groups in total. The van der Waals surface area contributed by atoms with Crippen LogP contribution in [-0.4, -0.2) is 63.1 Å². The maximum atomic E-state index is 11.8. The second kappa shape index (κ2) is 9.12. The summed E-state index contributed by atoms with van der Waals surface area (Å²) in [6, 6.07) is 7.33. The molecular formula is C16H24N4O3. The van der Waals surface area contributed by atoms with Crippen molar-refractivity contribution in [1.82, 2.24) is 20.9 Å². The highest BCUT2D eigenvalue weighted by atomic mass is 16.5. The molecule has 0 saturated carbocycles. The first kappa shape index (κ1) is 17.2. The fraction of sp³-hybridized carbons (Fsp3) is 0.500. The number of carbonyl (C=O) groups is 2. The highest BCUT2D eigenvalue weighted by Gasteiger charge is 2.14. The predicted octanol–water partition coefficient (Wildman–Crippen LogP) is -0.667. The highest BCUT2D eigenvalue weighted by molar-refractivity contribution is 6.35. The molecule has 0 atom stereocenters. The van der Waals surface area contributed by atoms with Crippen LogP contribution in [0.5, 0.6) is 5.75 Å². The zero-order valence-corrected chi connectivity index (χ0v) is 13.4. The van der Waals surface area contributed by atoms with Gasteiger partial charge in [-0.25, -0.2) is 0 Å². The van der Waals surface area contributed by atoms with Gasteiger partial charge in [0.1, 0.15) is 5.75 Å². The Balaban J connectivity index is 1.64. The van der Waals surface area contributed by atoms with Crippen LogP contribution >= 0.6 is 0 Å². The molecule has 7 nitrogen and oxygen atoms in total. The van der Waals surface area contributed by atoms with E-state index in [1.165, 1.54) is 0 Å². The number of hydrogen-bond donors (Lipinski definition) is 3.